The molecule has 0 unspecified atom stereocenters. The molecule has 0 rings (SSSR count). The van der Waals surface area contributed by atoms with Crippen LogP contribution in [0.1, 0.15) is 116 Å². The summed E-state index contributed by atoms with van der Waals surface area (Å²) in [6.45, 7) is 7.25. The summed E-state index contributed by atoms with van der Waals surface area (Å²) in [6, 6.07) is 0. The maximum absolute atomic E-state index is 3.78. The number of rotatable bonds is 19. The average molecular weight is 324 g/mol. The smallest absolute Gasteiger partial charge is 0.0169 e. The third-order valence-electron chi connectivity index (χ3n) is 4.93. The van der Waals surface area contributed by atoms with Crippen molar-refractivity contribution in [3.05, 3.63) is 12.8 Å². The van der Waals surface area contributed by atoms with Gasteiger partial charge in [-0.05, 0) is 12.6 Å². The molecule has 23 heavy (non-hydrogen) atoms. The molecule has 0 N–H and O–H groups in total. The largest absolute Gasteiger partial charge is 0.381 e. The fraction of sp³-hybridized carbons (Fsp3) is 0.909. The van der Waals surface area contributed by atoms with E-state index in [0.717, 1.165) is 0 Å². The summed E-state index contributed by atoms with van der Waals surface area (Å²) < 4.78 is 0. The maximum atomic E-state index is 3.78. The molecule has 0 aromatic rings. The topological polar surface area (TPSA) is 3.24 Å². The van der Waals surface area contributed by atoms with Gasteiger partial charge in [-0.25, -0.2) is 0 Å². The molecule has 0 aliphatic heterocycles. The van der Waals surface area contributed by atoms with Crippen LogP contribution in [0.2, 0.25) is 0 Å². The SMILES string of the molecule is C=CN(C)CCCCCCCCCCCCCCCCCCC. The molecule has 138 valence electrons. The van der Waals surface area contributed by atoms with Crippen molar-refractivity contribution in [2.45, 2.75) is 116 Å². The summed E-state index contributed by atoms with van der Waals surface area (Å²) in [5.74, 6) is 0. The highest BCUT2D eigenvalue weighted by Gasteiger charge is 1.95. The van der Waals surface area contributed by atoms with E-state index in [4.69, 9.17) is 0 Å². The van der Waals surface area contributed by atoms with Crippen molar-refractivity contribution in [1.29, 1.82) is 0 Å². The number of nitrogens with zero attached hydrogens (tertiary/aromatic N) is 1. The molecule has 0 aliphatic rings. The Bertz CT molecular complexity index is 224. The molecule has 1 heteroatoms. The van der Waals surface area contributed by atoms with Gasteiger partial charge in [-0.3, -0.25) is 0 Å². The van der Waals surface area contributed by atoms with E-state index in [9.17, 15) is 0 Å². The molecule has 0 bridgehead atoms. The van der Waals surface area contributed by atoms with Gasteiger partial charge in [-0.1, -0.05) is 116 Å². The zero-order chi connectivity index (χ0) is 17.0. The maximum Gasteiger partial charge on any atom is 0.0169 e. The Morgan fingerprint density at radius 3 is 1.17 bits per heavy atom. The van der Waals surface area contributed by atoms with Gasteiger partial charge in [0.15, 0.2) is 0 Å². The Labute approximate surface area is 147 Å². The number of hydrogen-bond donors (Lipinski definition) is 0. The lowest BCUT2D eigenvalue weighted by Gasteiger charge is -2.12. The molecule has 0 heterocycles. The Morgan fingerprint density at radius 1 is 0.565 bits per heavy atom. The second-order valence-electron chi connectivity index (χ2n) is 7.32. The molecule has 0 spiro atoms. The summed E-state index contributed by atoms with van der Waals surface area (Å²) in [4.78, 5) is 2.19. The van der Waals surface area contributed by atoms with Crippen LogP contribution in [0.5, 0.6) is 0 Å². The lowest BCUT2D eigenvalue weighted by Crippen LogP contribution is -2.11. The van der Waals surface area contributed by atoms with Crippen LogP contribution in [0.15, 0.2) is 12.8 Å². The second-order valence-corrected chi connectivity index (χ2v) is 7.32. The molecule has 0 aromatic heterocycles. The second kappa shape index (κ2) is 19.6. The van der Waals surface area contributed by atoms with Gasteiger partial charge in [0.05, 0.1) is 0 Å². The van der Waals surface area contributed by atoms with Crippen LogP contribution < -0.4 is 0 Å². The van der Waals surface area contributed by atoms with Gasteiger partial charge < -0.3 is 4.90 Å². The van der Waals surface area contributed by atoms with E-state index in [0.29, 0.717) is 0 Å². The monoisotopic (exact) mass is 323 g/mol. The molecule has 0 atom stereocenters. The summed E-state index contributed by atoms with van der Waals surface area (Å²) in [6.07, 6.45) is 26.5. The van der Waals surface area contributed by atoms with E-state index >= 15 is 0 Å². The van der Waals surface area contributed by atoms with Crippen molar-refractivity contribution in [2.75, 3.05) is 13.6 Å². The normalized spacial score (nSPS) is 10.9. The molecule has 0 amide bonds. The van der Waals surface area contributed by atoms with Gasteiger partial charge >= 0.3 is 0 Å². The molecule has 0 aromatic carbocycles. The predicted molar refractivity (Wildman–Crippen MR) is 107 cm³/mol. The molecule has 0 fully saturated rings. The van der Waals surface area contributed by atoms with E-state index in [1.165, 1.54) is 116 Å². The third-order valence-corrected chi connectivity index (χ3v) is 4.93. The van der Waals surface area contributed by atoms with Gasteiger partial charge in [-0.15, -0.1) is 0 Å². The molecule has 1 nitrogen and oxygen atoms in total. The average Bonchev–Trinajstić information content (AvgIpc) is 2.57. The zero-order valence-corrected chi connectivity index (χ0v) is 16.5. The first-order chi connectivity index (χ1) is 11.3. The van der Waals surface area contributed by atoms with Crippen molar-refractivity contribution in [3.63, 3.8) is 0 Å². The van der Waals surface area contributed by atoms with Gasteiger partial charge in [0.1, 0.15) is 0 Å². The van der Waals surface area contributed by atoms with E-state index < -0.39 is 0 Å². The van der Waals surface area contributed by atoms with Crippen molar-refractivity contribution in [1.82, 2.24) is 4.90 Å². The standard InChI is InChI=1S/C22H45N/c1-4-6-7-8-9-10-11-12-13-14-15-16-17-18-19-20-21-22-23(3)5-2/h5H,2,4,6-22H2,1,3H3. The minimum absolute atomic E-state index is 1.17. The number of unbranched alkanes of at least 4 members (excludes halogenated alkanes) is 16. The highest BCUT2D eigenvalue weighted by Crippen LogP contribution is 2.14. The minimum atomic E-state index is 1.17. The lowest BCUT2D eigenvalue weighted by atomic mass is 10.0. The predicted octanol–water partition coefficient (Wildman–Crippen LogP) is 7.71. The van der Waals surface area contributed by atoms with E-state index in [1.54, 1.807) is 0 Å². The van der Waals surface area contributed by atoms with Crippen LogP contribution in [0.3, 0.4) is 0 Å². The van der Waals surface area contributed by atoms with Crippen LogP contribution >= 0.6 is 0 Å². The minimum Gasteiger partial charge on any atom is -0.381 e. The highest BCUT2D eigenvalue weighted by atomic mass is 15.1. The number of hydrogen-bond acceptors (Lipinski definition) is 1. The molecular weight excluding hydrogens is 278 g/mol. The van der Waals surface area contributed by atoms with Crippen molar-refractivity contribution in [3.8, 4) is 0 Å². The van der Waals surface area contributed by atoms with Gasteiger partial charge in [-0.2, -0.15) is 0 Å². The Balaban J connectivity index is 2.99. The Kier molecular flexibility index (Phi) is 19.2. The molecule has 0 radical (unpaired) electrons. The third kappa shape index (κ3) is 19.5. The Morgan fingerprint density at radius 2 is 0.870 bits per heavy atom. The van der Waals surface area contributed by atoms with Crippen molar-refractivity contribution < 1.29 is 0 Å². The van der Waals surface area contributed by atoms with Gasteiger partial charge in [0, 0.05) is 13.6 Å². The fourth-order valence-corrected chi connectivity index (χ4v) is 3.18. The van der Waals surface area contributed by atoms with Crippen LogP contribution in [-0.2, 0) is 0 Å². The van der Waals surface area contributed by atoms with Gasteiger partial charge in [0.2, 0.25) is 0 Å². The zero-order valence-electron chi connectivity index (χ0n) is 16.5. The summed E-state index contributed by atoms with van der Waals surface area (Å²) in [5, 5.41) is 0. The molecule has 0 aliphatic carbocycles. The summed E-state index contributed by atoms with van der Waals surface area (Å²) in [5.41, 5.74) is 0. The van der Waals surface area contributed by atoms with E-state index in [2.05, 4.69) is 25.5 Å². The first-order valence-electron chi connectivity index (χ1n) is 10.6. The van der Waals surface area contributed by atoms with Crippen molar-refractivity contribution in [2.24, 2.45) is 0 Å². The quantitative estimate of drug-likeness (QED) is 0.220. The van der Waals surface area contributed by atoms with Crippen LogP contribution in [0, 0.1) is 0 Å². The lowest BCUT2D eigenvalue weighted by molar-refractivity contribution is 0.429. The van der Waals surface area contributed by atoms with E-state index in [-0.39, 0.29) is 0 Å². The van der Waals surface area contributed by atoms with Crippen LogP contribution in [0.25, 0.3) is 0 Å². The first kappa shape index (κ1) is 22.5. The molecule has 0 saturated carbocycles. The van der Waals surface area contributed by atoms with Crippen molar-refractivity contribution >= 4 is 0 Å². The summed E-state index contributed by atoms with van der Waals surface area (Å²) >= 11 is 0. The Hall–Kier alpha value is -0.460. The van der Waals surface area contributed by atoms with Crippen LogP contribution in [-0.4, -0.2) is 18.5 Å². The molecular formula is C22H45N. The van der Waals surface area contributed by atoms with Crippen LogP contribution in [0.4, 0.5) is 0 Å². The fourth-order valence-electron chi connectivity index (χ4n) is 3.18. The highest BCUT2D eigenvalue weighted by molar-refractivity contribution is 4.65. The molecule has 0 saturated heterocycles. The van der Waals surface area contributed by atoms with E-state index in [1.807, 2.05) is 6.20 Å². The first-order valence-corrected chi connectivity index (χ1v) is 10.6. The van der Waals surface area contributed by atoms with Gasteiger partial charge in [0.25, 0.3) is 0 Å². The summed E-state index contributed by atoms with van der Waals surface area (Å²) in [7, 11) is 2.11.